The Balaban J connectivity index is 2.16. The molecular formula is C9H20N2. The average molecular weight is 156 g/mol. The molecule has 1 heterocycles. The zero-order valence-electron chi connectivity index (χ0n) is 8.22. The smallest absolute Gasteiger partial charge is 0.00452 e. The van der Waals surface area contributed by atoms with Crippen molar-refractivity contribution in [2.24, 2.45) is 5.41 Å². The first-order chi connectivity index (χ1) is 5.02. The maximum atomic E-state index is 2.39. The molecule has 0 aromatic heterocycles. The van der Waals surface area contributed by atoms with Gasteiger partial charge in [-0.15, -0.1) is 0 Å². The molecule has 11 heavy (non-hydrogen) atoms. The summed E-state index contributed by atoms with van der Waals surface area (Å²) < 4.78 is 0. The van der Waals surface area contributed by atoms with E-state index in [0.29, 0.717) is 5.41 Å². The zero-order valence-corrected chi connectivity index (χ0v) is 8.22. The van der Waals surface area contributed by atoms with E-state index in [-0.39, 0.29) is 0 Å². The molecule has 1 aliphatic rings. The molecule has 1 saturated heterocycles. The van der Waals surface area contributed by atoms with Gasteiger partial charge in [0.15, 0.2) is 0 Å². The fourth-order valence-corrected chi connectivity index (χ4v) is 1.91. The van der Waals surface area contributed by atoms with Gasteiger partial charge in [-0.25, -0.2) is 0 Å². The predicted molar refractivity (Wildman–Crippen MR) is 48.8 cm³/mol. The second-order valence-corrected chi connectivity index (χ2v) is 4.54. The van der Waals surface area contributed by atoms with E-state index in [2.05, 4.69) is 37.9 Å². The Kier molecular flexibility index (Phi) is 2.55. The first-order valence-electron chi connectivity index (χ1n) is 4.35. The van der Waals surface area contributed by atoms with Gasteiger partial charge in [-0.1, -0.05) is 6.92 Å². The van der Waals surface area contributed by atoms with Gasteiger partial charge in [0, 0.05) is 13.1 Å². The van der Waals surface area contributed by atoms with Crippen LogP contribution in [0.25, 0.3) is 0 Å². The van der Waals surface area contributed by atoms with Gasteiger partial charge >= 0.3 is 0 Å². The summed E-state index contributed by atoms with van der Waals surface area (Å²) in [4.78, 5) is 4.65. The van der Waals surface area contributed by atoms with Gasteiger partial charge in [-0.05, 0) is 39.5 Å². The molecule has 1 rings (SSSR count). The van der Waals surface area contributed by atoms with Gasteiger partial charge < -0.3 is 9.80 Å². The van der Waals surface area contributed by atoms with Crippen molar-refractivity contribution in [3.63, 3.8) is 0 Å². The highest BCUT2D eigenvalue weighted by molar-refractivity contribution is 4.89. The molecule has 0 spiro atoms. The molecule has 0 N–H and O–H groups in total. The lowest BCUT2D eigenvalue weighted by atomic mass is 9.79. The van der Waals surface area contributed by atoms with Gasteiger partial charge in [0.2, 0.25) is 0 Å². The molecule has 0 aliphatic carbocycles. The van der Waals surface area contributed by atoms with Crippen LogP contribution in [0.3, 0.4) is 0 Å². The second-order valence-electron chi connectivity index (χ2n) is 4.54. The molecule has 2 nitrogen and oxygen atoms in total. The van der Waals surface area contributed by atoms with Crippen LogP contribution >= 0.6 is 0 Å². The summed E-state index contributed by atoms with van der Waals surface area (Å²) in [6, 6.07) is 0. The summed E-state index contributed by atoms with van der Waals surface area (Å²) in [6.07, 6.45) is 1.34. The van der Waals surface area contributed by atoms with Crippen molar-refractivity contribution in [2.45, 2.75) is 13.3 Å². The van der Waals surface area contributed by atoms with E-state index in [4.69, 9.17) is 0 Å². The van der Waals surface area contributed by atoms with Crippen LogP contribution in [-0.4, -0.2) is 50.6 Å². The maximum absolute atomic E-state index is 2.39. The number of nitrogens with zero attached hydrogens (tertiary/aromatic N) is 2. The van der Waals surface area contributed by atoms with E-state index in [0.717, 1.165) is 0 Å². The molecule has 0 radical (unpaired) electrons. The lowest BCUT2D eigenvalue weighted by molar-refractivity contribution is 0.0261. The summed E-state index contributed by atoms with van der Waals surface area (Å²) in [5, 5.41) is 0. The maximum Gasteiger partial charge on any atom is 0.00452 e. The highest BCUT2D eigenvalue weighted by Crippen LogP contribution is 2.31. The molecule has 0 saturated carbocycles. The molecule has 1 fully saturated rings. The van der Waals surface area contributed by atoms with Crippen LogP contribution in [0.15, 0.2) is 0 Å². The third-order valence-corrected chi connectivity index (χ3v) is 2.47. The van der Waals surface area contributed by atoms with Crippen LogP contribution in [0.5, 0.6) is 0 Å². The Morgan fingerprint density at radius 2 is 1.91 bits per heavy atom. The van der Waals surface area contributed by atoms with E-state index in [1.807, 2.05) is 0 Å². The summed E-state index contributed by atoms with van der Waals surface area (Å²) in [7, 11) is 6.48. The van der Waals surface area contributed by atoms with Crippen LogP contribution in [0, 0.1) is 5.41 Å². The zero-order chi connectivity index (χ0) is 8.48. The molecule has 0 bridgehead atoms. The van der Waals surface area contributed by atoms with E-state index < -0.39 is 0 Å². The highest BCUT2D eigenvalue weighted by atomic mass is 15.2. The monoisotopic (exact) mass is 156 g/mol. The Morgan fingerprint density at radius 1 is 1.36 bits per heavy atom. The number of hydrogen-bond acceptors (Lipinski definition) is 2. The molecule has 0 aromatic rings. The molecule has 0 atom stereocenters. The first kappa shape index (κ1) is 9.01. The summed E-state index contributed by atoms with van der Waals surface area (Å²) in [6.45, 7) is 6.17. The minimum absolute atomic E-state index is 0.610. The van der Waals surface area contributed by atoms with Crippen LogP contribution in [0.2, 0.25) is 0 Å². The molecule has 0 unspecified atom stereocenters. The van der Waals surface area contributed by atoms with Crippen LogP contribution in [0.1, 0.15) is 13.3 Å². The van der Waals surface area contributed by atoms with Gasteiger partial charge in [0.1, 0.15) is 0 Å². The average Bonchev–Trinajstić information content (AvgIpc) is 1.81. The van der Waals surface area contributed by atoms with Crippen LogP contribution in [-0.2, 0) is 0 Å². The third-order valence-electron chi connectivity index (χ3n) is 2.47. The Hall–Kier alpha value is -0.0800. The third kappa shape index (κ3) is 2.46. The Morgan fingerprint density at radius 3 is 2.27 bits per heavy atom. The summed E-state index contributed by atoms with van der Waals surface area (Å²) >= 11 is 0. The lowest BCUT2D eigenvalue weighted by Crippen LogP contribution is -2.53. The second kappa shape index (κ2) is 3.11. The normalized spacial score (nSPS) is 23.7. The van der Waals surface area contributed by atoms with Gasteiger partial charge in [0.25, 0.3) is 0 Å². The molecule has 0 aromatic carbocycles. The first-order valence-corrected chi connectivity index (χ1v) is 4.35. The van der Waals surface area contributed by atoms with Crippen molar-refractivity contribution < 1.29 is 0 Å². The fraction of sp³-hybridized carbons (Fsp3) is 1.00. The van der Waals surface area contributed by atoms with Gasteiger partial charge in [-0.2, -0.15) is 0 Å². The van der Waals surface area contributed by atoms with Crippen LogP contribution in [0.4, 0.5) is 0 Å². The molecular weight excluding hydrogens is 136 g/mol. The molecule has 1 aliphatic heterocycles. The van der Waals surface area contributed by atoms with Gasteiger partial charge in [-0.3, -0.25) is 0 Å². The van der Waals surface area contributed by atoms with Crippen LogP contribution < -0.4 is 0 Å². The SMILES string of the molecule is CN(C)CCC1(C)CN(C)C1. The fourth-order valence-electron chi connectivity index (χ4n) is 1.91. The van der Waals surface area contributed by atoms with Crippen molar-refractivity contribution in [3.05, 3.63) is 0 Å². The van der Waals surface area contributed by atoms with E-state index in [1.165, 1.54) is 26.1 Å². The molecule has 66 valence electrons. The van der Waals surface area contributed by atoms with Crippen molar-refractivity contribution >= 4 is 0 Å². The van der Waals surface area contributed by atoms with E-state index in [1.54, 1.807) is 0 Å². The number of hydrogen-bond donors (Lipinski definition) is 0. The quantitative estimate of drug-likeness (QED) is 0.599. The highest BCUT2D eigenvalue weighted by Gasteiger charge is 2.35. The number of likely N-dealkylation sites (tertiary alicyclic amines) is 1. The van der Waals surface area contributed by atoms with Crippen molar-refractivity contribution in [2.75, 3.05) is 40.8 Å². The minimum Gasteiger partial charge on any atom is -0.309 e. The van der Waals surface area contributed by atoms with Crippen molar-refractivity contribution in [3.8, 4) is 0 Å². The Labute approximate surface area is 70.2 Å². The molecule has 2 heteroatoms. The standard InChI is InChI=1S/C9H20N2/c1-9(5-6-10(2)3)7-11(4)8-9/h5-8H2,1-4H3. The summed E-state index contributed by atoms with van der Waals surface area (Å²) in [5.74, 6) is 0. The minimum atomic E-state index is 0.610. The van der Waals surface area contributed by atoms with Crippen molar-refractivity contribution in [1.82, 2.24) is 9.80 Å². The van der Waals surface area contributed by atoms with E-state index in [9.17, 15) is 0 Å². The van der Waals surface area contributed by atoms with Crippen molar-refractivity contribution in [1.29, 1.82) is 0 Å². The van der Waals surface area contributed by atoms with Gasteiger partial charge in [0.05, 0.1) is 0 Å². The van der Waals surface area contributed by atoms with E-state index >= 15 is 0 Å². The predicted octanol–water partition coefficient (Wildman–Crippen LogP) is 0.890. The lowest BCUT2D eigenvalue weighted by Gasteiger charge is -2.46. The Bertz CT molecular complexity index is 126. The largest absolute Gasteiger partial charge is 0.309 e. The topological polar surface area (TPSA) is 6.48 Å². The number of rotatable bonds is 3. The summed E-state index contributed by atoms with van der Waals surface area (Å²) in [5.41, 5.74) is 0.610. The molecule has 0 amide bonds.